The van der Waals surface area contributed by atoms with Crippen LogP contribution < -0.4 is 10.2 Å². The zero-order valence-corrected chi connectivity index (χ0v) is 15.4. The summed E-state index contributed by atoms with van der Waals surface area (Å²) in [6.07, 6.45) is 1.69. The van der Waals surface area contributed by atoms with Gasteiger partial charge in [-0.1, -0.05) is 24.3 Å². The highest BCUT2D eigenvalue weighted by Gasteiger charge is 2.55. The highest BCUT2D eigenvalue weighted by Crippen LogP contribution is 2.44. The molecule has 2 heterocycles. The van der Waals surface area contributed by atoms with Crippen molar-refractivity contribution in [1.29, 1.82) is 0 Å². The smallest absolute Gasteiger partial charge is 0.321 e. The number of ether oxygens (including phenoxy) is 1. The molecule has 1 spiro atoms. The standard InChI is InChI=1S/C21H24FN3O2/c1-27-19-15-25(18-9-5-6-16(22)14-18)21(19)10-12-24(13-11-21)20(26)23-17-7-3-2-4-8-17/h2-9,14,19H,10-13,15H2,1H3,(H,23,26). The Morgan fingerprint density at radius 3 is 2.56 bits per heavy atom. The van der Waals surface area contributed by atoms with Gasteiger partial charge in [-0.15, -0.1) is 0 Å². The first-order valence-electron chi connectivity index (χ1n) is 9.29. The van der Waals surface area contributed by atoms with Crippen LogP contribution in [0.2, 0.25) is 0 Å². The Bertz CT molecular complexity index is 806. The maximum atomic E-state index is 13.7. The van der Waals surface area contributed by atoms with Crippen LogP contribution in [0.5, 0.6) is 0 Å². The first-order chi connectivity index (χ1) is 13.1. The topological polar surface area (TPSA) is 44.8 Å². The summed E-state index contributed by atoms with van der Waals surface area (Å²) in [5.74, 6) is -0.233. The molecule has 2 aliphatic heterocycles. The Balaban J connectivity index is 1.45. The van der Waals surface area contributed by atoms with E-state index in [-0.39, 0.29) is 23.5 Å². The molecule has 0 aromatic heterocycles. The molecule has 0 aliphatic carbocycles. The molecular formula is C21H24FN3O2. The van der Waals surface area contributed by atoms with Crippen molar-refractivity contribution in [2.24, 2.45) is 0 Å². The van der Waals surface area contributed by atoms with E-state index >= 15 is 0 Å². The number of anilines is 2. The second-order valence-electron chi connectivity index (χ2n) is 7.20. The number of hydrogen-bond acceptors (Lipinski definition) is 3. The van der Waals surface area contributed by atoms with E-state index < -0.39 is 0 Å². The minimum absolute atomic E-state index is 0.0818. The van der Waals surface area contributed by atoms with Gasteiger partial charge in [-0.2, -0.15) is 0 Å². The van der Waals surface area contributed by atoms with Crippen LogP contribution in [0.25, 0.3) is 0 Å². The number of piperidine rings is 1. The quantitative estimate of drug-likeness (QED) is 0.897. The van der Waals surface area contributed by atoms with E-state index in [4.69, 9.17) is 4.74 Å². The molecule has 0 radical (unpaired) electrons. The Labute approximate surface area is 158 Å². The number of urea groups is 1. The minimum atomic E-state index is -0.233. The molecule has 2 saturated heterocycles. The lowest BCUT2D eigenvalue weighted by Crippen LogP contribution is -2.74. The highest BCUT2D eigenvalue weighted by molar-refractivity contribution is 5.89. The number of carbonyl (C=O) groups is 1. The number of para-hydroxylation sites is 1. The number of nitrogens with one attached hydrogen (secondary N) is 1. The van der Waals surface area contributed by atoms with Crippen molar-refractivity contribution >= 4 is 17.4 Å². The van der Waals surface area contributed by atoms with Gasteiger partial charge in [-0.05, 0) is 43.2 Å². The third kappa shape index (κ3) is 3.25. The van der Waals surface area contributed by atoms with Crippen molar-refractivity contribution in [2.75, 3.05) is 37.0 Å². The first kappa shape index (κ1) is 17.8. The van der Waals surface area contributed by atoms with Crippen LogP contribution in [-0.2, 0) is 4.74 Å². The van der Waals surface area contributed by atoms with Crippen LogP contribution in [0.1, 0.15) is 12.8 Å². The molecule has 4 rings (SSSR count). The van der Waals surface area contributed by atoms with Gasteiger partial charge in [0.1, 0.15) is 5.82 Å². The lowest BCUT2D eigenvalue weighted by atomic mass is 9.73. The average Bonchev–Trinajstić information content (AvgIpc) is 2.68. The van der Waals surface area contributed by atoms with Gasteiger partial charge in [-0.3, -0.25) is 0 Å². The van der Waals surface area contributed by atoms with Crippen LogP contribution in [0.4, 0.5) is 20.6 Å². The number of carbonyl (C=O) groups excluding carboxylic acids is 1. The van der Waals surface area contributed by atoms with Gasteiger partial charge < -0.3 is 19.9 Å². The van der Waals surface area contributed by atoms with Crippen molar-refractivity contribution in [3.63, 3.8) is 0 Å². The number of rotatable bonds is 3. The molecule has 5 nitrogen and oxygen atoms in total. The number of amides is 2. The first-order valence-corrected chi connectivity index (χ1v) is 9.29. The molecule has 0 bridgehead atoms. The van der Waals surface area contributed by atoms with E-state index in [0.717, 1.165) is 30.8 Å². The molecule has 2 aromatic carbocycles. The number of hydrogen-bond donors (Lipinski definition) is 1. The second-order valence-corrected chi connectivity index (χ2v) is 7.20. The normalized spacial score (nSPS) is 21.0. The lowest BCUT2D eigenvalue weighted by molar-refractivity contribution is -0.0411. The summed E-state index contributed by atoms with van der Waals surface area (Å²) in [6.45, 7) is 2.03. The number of halogens is 1. The van der Waals surface area contributed by atoms with Crippen molar-refractivity contribution in [3.8, 4) is 0 Å². The fourth-order valence-corrected chi connectivity index (χ4v) is 4.29. The van der Waals surface area contributed by atoms with E-state index in [1.165, 1.54) is 6.07 Å². The van der Waals surface area contributed by atoms with E-state index in [1.807, 2.05) is 41.3 Å². The predicted octanol–water partition coefficient (Wildman–Crippen LogP) is 3.73. The highest BCUT2D eigenvalue weighted by atomic mass is 19.1. The molecule has 142 valence electrons. The summed E-state index contributed by atoms with van der Waals surface area (Å²) < 4.78 is 19.4. The maximum Gasteiger partial charge on any atom is 0.321 e. The van der Waals surface area contributed by atoms with Gasteiger partial charge in [-0.25, -0.2) is 9.18 Å². The summed E-state index contributed by atoms with van der Waals surface area (Å²) in [6, 6.07) is 16.1. The van der Waals surface area contributed by atoms with Gasteiger partial charge >= 0.3 is 6.03 Å². The largest absolute Gasteiger partial charge is 0.377 e. The summed E-state index contributed by atoms with van der Waals surface area (Å²) >= 11 is 0. The van der Waals surface area contributed by atoms with E-state index in [0.29, 0.717) is 13.1 Å². The van der Waals surface area contributed by atoms with Crippen LogP contribution in [0.3, 0.4) is 0 Å². The SMILES string of the molecule is COC1CN(c2cccc(F)c2)C12CCN(C(=O)Nc1ccccc1)CC2. The molecule has 2 aliphatic rings. The predicted molar refractivity (Wildman–Crippen MR) is 104 cm³/mol. The second kappa shape index (κ2) is 7.19. The van der Waals surface area contributed by atoms with Crippen LogP contribution in [0.15, 0.2) is 54.6 Å². The number of nitrogens with zero attached hydrogens (tertiary/aromatic N) is 2. The molecular weight excluding hydrogens is 345 g/mol. The van der Waals surface area contributed by atoms with Gasteiger partial charge in [0.15, 0.2) is 0 Å². The van der Waals surface area contributed by atoms with Crippen molar-refractivity contribution in [2.45, 2.75) is 24.5 Å². The van der Waals surface area contributed by atoms with Gasteiger partial charge in [0.2, 0.25) is 0 Å². The molecule has 0 saturated carbocycles. The maximum absolute atomic E-state index is 13.7. The molecule has 2 aromatic rings. The van der Waals surface area contributed by atoms with Crippen LogP contribution in [0, 0.1) is 5.82 Å². The Hall–Kier alpha value is -2.60. The van der Waals surface area contributed by atoms with Crippen LogP contribution in [-0.4, -0.2) is 49.3 Å². The van der Waals surface area contributed by atoms with Crippen molar-refractivity contribution in [3.05, 3.63) is 60.4 Å². The average molecular weight is 369 g/mol. The molecule has 2 amide bonds. The molecule has 1 atom stereocenters. The van der Waals surface area contributed by atoms with E-state index in [2.05, 4.69) is 10.2 Å². The summed E-state index contributed by atoms with van der Waals surface area (Å²) in [5, 5.41) is 2.94. The number of likely N-dealkylation sites (tertiary alicyclic amines) is 1. The molecule has 1 unspecified atom stereocenters. The zero-order chi connectivity index (χ0) is 18.9. The van der Waals surface area contributed by atoms with E-state index in [9.17, 15) is 9.18 Å². The van der Waals surface area contributed by atoms with E-state index in [1.54, 1.807) is 19.2 Å². The lowest BCUT2D eigenvalue weighted by Gasteiger charge is -2.61. The van der Waals surface area contributed by atoms with Crippen molar-refractivity contribution in [1.82, 2.24) is 4.90 Å². The van der Waals surface area contributed by atoms with Gasteiger partial charge in [0.25, 0.3) is 0 Å². The Kier molecular flexibility index (Phi) is 4.74. The summed E-state index contributed by atoms with van der Waals surface area (Å²) in [4.78, 5) is 16.6. The van der Waals surface area contributed by atoms with Gasteiger partial charge in [0, 0.05) is 38.1 Å². The Morgan fingerprint density at radius 1 is 1.15 bits per heavy atom. The van der Waals surface area contributed by atoms with Crippen molar-refractivity contribution < 1.29 is 13.9 Å². The van der Waals surface area contributed by atoms with Crippen LogP contribution >= 0.6 is 0 Å². The number of benzene rings is 2. The van der Waals surface area contributed by atoms with Gasteiger partial charge in [0.05, 0.1) is 11.6 Å². The fraction of sp³-hybridized carbons (Fsp3) is 0.381. The molecule has 6 heteroatoms. The summed E-state index contributed by atoms with van der Waals surface area (Å²) in [5.41, 5.74) is 1.50. The third-order valence-electron chi connectivity index (χ3n) is 5.83. The number of methoxy groups -OCH3 is 1. The third-order valence-corrected chi connectivity index (χ3v) is 5.83. The minimum Gasteiger partial charge on any atom is -0.377 e. The monoisotopic (exact) mass is 369 g/mol. The molecule has 27 heavy (non-hydrogen) atoms. The molecule has 2 fully saturated rings. The summed E-state index contributed by atoms with van der Waals surface area (Å²) in [7, 11) is 1.73. The zero-order valence-electron chi connectivity index (χ0n) is 15.4. The molecule has 1 N–H and O–H groups in total. The fourth-order valence-electron chi connectivity index (χ4n) is 4.29. The Morgan fingerprint density at radius 2 is 1.89 bits per heavy atom.